The summed E-state index contributed by atoms with van der Waals surface area (Å²) in [5, 5.41) is 0. The number of hydrogen-bond acceptors (Lipinski definition) is 1. The van der Waals surface area contributed by atoms with Crippen LogP contribution in [0.4, 0.5) is 0 Å². The molecule has 0 aliphatic carbocycles. The van der Waals surface area contributed by atoms with Crippen LogP contribution in [0.1, 0.15) is 82.7 Å². The Morgan fingerprint density at radius 2 is 1.29 bits per heavy atom. The predicted molar refractivity (Wildman–Crippen MR) is 94.7 cm³/mol. The highest BCUT2D eigenvalue weighted by molar-refractivity contribution is 5.18. The molecular formula is C20H35N. The summed E-state index contributed by atoms with van der Waals surface area (Å²) in [5.74, 6) is 0. The lowest BCUT2D eigenvalue weighted by atomic mass is 9.98. The summed E-state index contributed by atoms with van der Waals surface area (Å²) in [6.45, 7) is 2.29. The lowest BCUT2D eigenvalue weighted by molar-refractivity contribution is 0.276. The highest BCUT2D eigenvalue weighted by atomic mass is 15.1. The van der Waals surface area contributed by atoms with Crippen molar-refractivity contribution in [2.24, 2.45) is 0 Å². The molecule has 21 heavy (non-hydrogen) atoms. The van der Waals surface area contributed by atoms with Crippen LogP contribution in [0.3, 0.4) is 0 Å². The Morgan fingerprint density at radius 3 is 1.81 bits per heavy atom. The second-order valence-corrected chi connectivity index (χ2v) is 6.51. The van der Waals surface area contributed by atoms with Crippen molar-refractivity contribution < 1.29 is 0 Å². The average Bonchev–Trinajstić information content (AvgIpc) is 2.50. The summed E-state index contributed by atoms with van der Waals surface area (Å²) in [7, 11) is 4.40. The fourth-order valence-electron chi connectivity index (χ4n) is 3.05. The highest BCUT2D eigenvalue weighted by Gasteiger charge is 2.12. The topological polar surface area (TPSA) is 3.24 Å². The van der Waals surface area contributed by atoms with Gasteiger partial charge in [0.2, 0.25) is 0 Å². The summed E-state index contributed by atoms with van der Waals surface area (Å²) >= 11 is 0. The summed E-state index contributed by atoms with van der Waals surface area (Å²) in [4.78, 5) is 2.36. The molecule has 0 N–H and O–H groups in total. The van der Waals surface area contributed by atoms with Gasteiger partial charge in [0.25, 0.3) is 0 Å². The molecular weight excluding hydrogens is 254 g/mol. The molecule has 0 fully saturated rings. The molecule has 0 bridgehead atoms. The minimum atomic E-state index is 0.579. The Morgan fingerprint density at radius 1 is 0.762 bits per heavy atom. The lowest BCUT2D eigenvalue weighted by Crippen LogP contribution is -2.19. The first kappa shape index (κ1) is 18.2. The Balaban J connectivity index is 2.12. The Bertz CT molecular complexity index is 331. The minimum absolute atomic E-state index is 0.579. The van der Waals surface area contributed by atoms with E-state index < -0.39 is 0 Å². The molecule has 0 aliphatic rings. The van der Waals surface area contributed by atoms with Crippen LogP contribution < -0.4 is 0 Å². The number of unbranched alkanes of at least 4 members (excludes halogenated alkanes) is 8. The zero-order valence-electron chi connectivity index (χ0n) is 14.5. The standard InChI is InChI=1S/C20H35N/c1-4-5-6-7-8-9-10-11-15-18-20(21(2)3)19-16-13-12-14-17-19/h12-14,16-17,20H,4-11,15,18H2,1-3H3/t20-/m1/s1. The molecule has 1 rings (SSSR count). The molecule has 1 aromatic carbocycles. The SMILES string of the molecule is CCCCCCCCCCC[C@H](c1ccccc1)N(C)C. The molecule has 0 aliphatic heterocycles. The molecule has 0 spiro atoms. The van der Waals surface area contributed by atoms with Gasteiger partial charge >= 0.3 is 0 Å². The third kappa shape index (κ3) is 8.26. The first-order chi connectivity index (χ1) is 10.3. The Labute approximate surface area is 132 Å². The summed E-state index contributed by atoms with van der Waals surface area (Å²) in [6, 6.07) is 11.5. The summed E-state index contributed by atoms with van der Waals surface area (Å²) in [6.07, 6.45) is 14.0. The number of hydrogen-bond donors (Lipinski definition) is 0. The lowest BCUT2D eigenvalue weighted by Gasteiger charge is -2.24. The van der Waals surface area contributed by atoms with Gasteiger partial charge in [-0.1, -0.05) is 95.0 Å². The third-order valence-corrected chi connectivity index (χ3v) is 4.39. The monoisotopic (exact) mass is 289 g/mol. The van der Waals surface area contributed by atoms with E-state index >= 15 is 0 Å². The molecule has 1 nitrogen and oxygen atoms in total. The van der Waals surface area contributed by atoms with Gasteiger partial charge in [-0.3, -0.25) is 0 Å². The number of rotatable bonds is 12. The number of nitrogens with zero attached hydrogens (tertiary/aromatic N) is 1. The second-order valence-electron chi connectivity index (χ2n) is 6.51. The van der Waals surface area contributed by atoms with Crippen LogP contribution in [0.15, 0.2) is 30.3 Å². The van der Waals surface area contributed by atoms with Crippen molar-refractivity contribution >= 4 is 0 Å². The van der Waals surface area contributed by atoms with Crippen molar-refractivity contribution in [3.05, 3.63) is 35.9 Å². The van der Waals surface area contributed by atoms with Crippen LogP contribution >= 0.6 is 0 Å². The molecule has 0 aromatic heterocycles. The van der Waals surface area contributed by atoms with Crippen molar-refractivity contribution in [3.8, 4) is 0 Å². The van der Waals surface area contributed by atoms with Crippen molar-refractivity contribution in [1.82, 2.24) is 4.90 Å². The average molecular weight is 290 g/mol. The van der Waals surface area contributed by atoms with E-state index in [-0.39, 0.29) is 0 Å². The van der Waals surface area contributed by atoms with Crippen molar-refractivity contribution in [3.63, 3.8) is 0 Å². The van der Waals surface area contributed by atoms with E-state index in [9.17, 15) is 0 Å². The van der Waals surface area contributed by atoms with Crippen LogP contribution in [-0.4, -0.2) is 19.0 Å². The van der Waals surface area contributed by atoms with Gasteiger partial charge in [-0.2, -0.15) is 0 Å². The maximum absolute atomic E-state index is 2.36. The van der Waals surface area contributed by atoms with Gasteiger partial charge in [-0.05, 0) is 26.1 Å². The van der Waals surface area contributed by atoms with Gasteiger partial charge in [-0.25, -0.2) is 0 Å². The van der Waals surface area contributed by atoms with E-state index in [2.05, 4.69) is 56.3 Å². The second kappa shape index (κ2) is 11.8. The largest absolute Gasteiger partial charge is 0.302 e. The predicted octanol–water partition coefficient (Wildman–Crippen LogP) is 6.21. The van der Waals surface area contributed by atoms with Crippen LogP contribution in [0.25, 0.3) is 0 Å². The maximum Gasteiger partial charge on any atom is 0.0342 e. The Kier molecular flexibility index (Phi) is 10.2. The molecule has 0 saturated heterocycles. The quantitative estimate of drug-likeness (QED) is 0.413. The zero-order valence-corrected chi connectivity index (χ0v) is 14.5. The molecule has 1 aromatic rings. The zero-order chi connectivity index (χ0) is 15.3. The van der Waals surface area contributed by atoms with Gasteiger partial charge in [0.15, 0.2) is 0 Å². The normalized spacial score (nSPS) is 12.8. The molecule has 1 atom stereocenters. The number of benzene rings is 1. The minimum Gasteiger partial charge on any atom is -0.302 e. The van der Waals surface area contributed by atoms with E-state index in [1.807, 2.05) is 0 Å². The smallest absolute Gasteiger partial charge is 0.0342 e. The van der Waals surface area contributed by atoms with E-state index in [4.69, 9.17) is 0 Å². The van der Waals surface area contributed by atoms with Crippen molar-refractivity contribution in [1.29, 1.82) is 0 Å². The molecule has 0 heterocycles. The fourth-order valence-corrected chi connectivity index (χ4v) is 3.05. The van der Waals surface area contributed by atoms with Gasteiger partial charge in [0.1, 0.15) is 0 Å². The highest BCUT2D eigenvalue weighted by Crippen LogP contribution is 2.24. The maximum atomic E-state index is 2.36. The molecule has 120 valence electrons. The van der Waals surface area contributed by atoms with Crippen LogP contribution in [-0.2, 0) is 0 Å². The molecule has 0 radical (unpaired) electrons. The van der Waals surface area contributed by atoms with Crippen molar-refractivity contribution in [2.75, 3.05) is 14.1 Å². The summed E-state index contributed by atoms with van der Waals surface area (Å²) in [5.41, 5.74) is 1.46. The molecule has 0 amide bonds. The van der Waals surface area contributed by atoms with Gasteiger partial charge < -0.3 is 4.90 Å². The molecule has 0 unspecified atom stereocenters. The van der Waals surface area contributed by atoms with Crippen LogP contribution in [0.5, 0.6) is 0 Å². The summed E-state index contributed by atoms with van der Waals surface area (Å²) < 4.78 is 0. The molecule has 0 saturated carbocycles. The Hall–Kier alpha value is -0.820. The van der Waals surface area contributed by atoms with E-state index in [1.165, 1.54) is 69.8 Å². The first-order valence-corrected chi connectivity index (χ1v) is 8.97. The van der Waals surface area contributed by atoms with E-state index in [0.717, 1.165) is 0 Å². The van der Waals surface area contributed by atoms with Crippen molar-refractivity contribution in [2.45, 2.75) is 77.2 Å². The van der Waals surface area contributed by atoms with E-state index in [1.54, 1.807) is 0 Å². The van der Waals surface area contributed by atoms with Gasteiger partial charge in [0.05, 0.1) is 0 Å². The fraction of sp³-hybridized carbons (Fsp3) is 0.700. The first-order valence-electron chi connectivity index (χ1n) is 8.97. The van der Waals surface area contributed by atoms with Crippen LogP contribution in [0, 0.1) is 0 Å². The third-order valence-electron chi connectivity index (χ3n) is 4.39. The van der Waals surface area contributed by atoms with Crippen LogP contribution in [0.2, 0.25) is 0 Å². The van der Waals surface area contributed by atoms with E-state index in [0.29, 0.717) is 6.04 Å². The molecule has 1 heteroatoms. The van der Waals surface area contributed by atoms with Gasteiger partial charge in [0, 0.05) is 6.04 Å². The van der Waals surface area contributed by atoms with Gasteiger partial charge in [-0.15, -0.1) is 0 Å².